The van der Waals surface area contributed by atoms with Gasteiger partial charge in [-0.1, -0.05) is 0 Å². The Labute approximate surface area is 147 Å². The van der Waals surface area contributed by atoms with Crippen molar-refractivity contribution >= 4 is 21.5 Å². The third kappa shape index (κ3) is 3.32. The van der Waals surface area contributed by atoms with Gasteiger partial charge in [0.25, 0.3) is 10.0 Å². The van der Waals surface area contributed by atoms with Crippen molar-refractivity contribution in [2.45, 2.75) is 30.3 Å². The summed E-state index contributed by atoms with van der Waals surface area (Å²) in [5.41, 5.74) is 1.44. The second kappa shape index (κ2) is 6.20. The van der Waals surface area contributed by atoms with Gasteiger partial charge in [0.2, 0.25) is 0 Å². The van der Waals surface area contributed by atoms with Crippen LogP contribution in [-0.4, -0.2) is 29.6 Å². The van der Waals surface area contributed by atoms with Gasteiger partial charge in [0.05, 0.1) is 10.6 Å². The van der Waals surface area contributed by atoms with E-state index >= 15 is 0 Å². The maximum absolute atomic E-state index is 12.6. The number of hydrogen-bond acceptors (Lipinski definition) is 5. The number of aromatic nitrogens is 3. The van der Waals surface area contributed by atoms with Crippen molar-refractivity contribution in [3.63, 3.8) is 0 Å². The number of nitrogens with zero attached hydrogens (tertiary/aromatic N) is 3. The van der Waals surface area contributed by atoms with Crippen molar-refractivity contribution in [2.24, 2.45) is 0 Å². The van der Waals surface area contributed by atoms with E-state index in [0.29, 0.717) is 11.6 Å². The van der Waals surface area contributed by atoms with Gasteiger partial charge in [-0.3, -0.25) is 4.72 Å². The van der Waals surface area contributed by atoms with E-state index in [0.717, 1.165) is 18.5 Å². The Morgan fingerprint density at radius 1 is 1.19 bits per heavy atom. The molecule has 7 nitrogen and oxygen atoms in total. The Kier molecular flexibility index (Phi) is 3.98. The number of nitrogens with one attached hydrogen (secondary N) is 1. The summed E-state index contributed by atoms with van der Waals surface area (Å²) in [6, 6.07) is 8.06. The van der Waals surface area contributed by atoms with Crippen LogP contribution >= 0.6 is 0 Å². The second-order valence-corrected chi connectivity index (χ2v) is 7.58. The Bertz CT molecular complexity index is 1050. The lowest BCUT2D eigenvalue weighted by molar-refractivity contribution is -0.0498. The normalized spacial score (nSPS) is 14.7. The lowest BCUT2D eigenvalue weighted by Gasteiger charge is -2.10. The highest BCUT2D eigenvalue weighted by molar-refractivity contribution is 7.92. The third-order valence-electron chi connectivity index (χ3n) is 3.97. The maximum Gasteiger partial charge on any atom is 0.387 e. The molecule has 0 radical (unpaired) electrons. The number of benzene rings is 1. The Balaban J connectivity index is 1.62. The quantitative estimate of drug-likeness (QED) is 0.711. The molecule has 1 fully saturated rings. The molecule has 0 atom stereocenters. The van der Waals surface area contributed by atoms with Gasteiger partial charge in [-0.25, -0.2) is 13.4 Å². The fourth-order valence-corrected chi connectivity index (χ4v) is 3.61. The van der Waals surface area contributed by atoms with E-state index in [2.05, 4.69) is 19.5 Å². The molecule has 0 unspecified atom stereocenters. The second-order valence-electron chi connectivity index (χ2n) is 5.90. The first kappa shape index (κ1) is 16.7. The van der Waals surface area contributed by atoms with Gasteiger partial charge < -0.3 is 4.74 Å². The first-order chi connectivity index (χ1) is 12.4. The molecular formula is C16H14F2N4O3S. The highest BCUT2D eigenvalue weighted by Crippen LogP contribution is 2.39. The topological polar surface area (TPSA) is 85.6 Å². The lowest BCUT2D eigenvalue weighted by Crippen LogP contribution is -2.16. The smallest absolute Gasteiger partial charge is 0.387 e. The number of fused-ring (bicyclic) bond motifs is 1. The van der Waals surface area contributed by atoms with Crippen LogP contribution in [0.3, 0.4) is 0 Å². The summed E-state index contributed by atoms with van der Waals surface area (Å²) < 4.78 is 57.6. The van der Waals surface area contributed by atoms with Gasteiger partial charge in [-0.2, -0.15) is 18.4 Å². The third-order valence-corrected chi connectivity index (χ3v) is 5.34. The van der Waals surface area contributed by atoms with E-state index in [-0.39, 0.29) is 16.5 Å². The SMILES string of the molecule is O=S(=O)(Nc1ccnc2cc(C3CC3)nn12)c1ccc(OC(F)F)cc1. The molecular weight excluding hydrogens is 366 g/mol. The molecule has 0 bridgehead atoms. The highest BCUT2D eigenvalue weighted by atomic mass is 32.2. The van der Waals surface area contributed by atoms with Crippen molar-refractivity contribution in [3.8, 4) is 5.75 Å². The minimum atomic E-state index is -3.93. The maximum atomic E-state index is 12.6. The predicted molar refractivity (Wildman–Crippen MR) is 88.8 cm³/mol. The summed E-state index contributed by atoms with van der Waals surface area (Å²) in [7, 11) is -3.93. The van der Waals surface area contributed by atoms with Crippen molar-refractivity contribution in [2.75, 3.05) is 4.72 Å². The molecule has 1 saturated carbocycles. The average Bonchev–Trinajstić information content (AvgIpc) is 3.34. The van der Waals surface area contributed by atoms with E-state index in [1.54, 1.807) is 0 Å². The summed E-state index contributed by atoms with van der Waals surface area (Å²) >= 11 is 0. The van der Waals surface area contributed by atoms with Crippen molar-refractivity contribution < 1.29 is 21.9 Å². The van der Waals surface area contributed by atoms with Gasteiger partial charge in [0.1, 0.15) is 11.6 Å². The van der Waals surface area contributed by atoms with Gasteiger partial charge in [-0.05, 0) is 43.2 Å². The zero-order valence-corrected chi connectivity index (χ0v) is 14.2. The minimum absolute atomic E-state index is 0.0846. The number of hydrogen-bond donors (Lipinski definition) is 1. The number of ether oxygens (including phenoxy) is 1. The largest absolute Gasteiger partial charge is 0.435 e. The van der Waals surface area contributed by atoms with Gasteiger partial charge in [0, 0.05) is 18.2 Å². The van der Waals surface area contributed by atoms with E-state index in [1.807, 2.05) is 6.07 Å². The Hall–Kier alpha value is -2.75. The molecule has 0 amide bonds. The number of halogens is 2. The van der Waals surface area contributed by atoms with E-state index in [4.69, 9.17) is 0 Å². The zero-order valence-electron chi connectivity index (χ0n) is 13.3. The van der Waals surface area contributed by atoms with Gasteiger partial charge in [-0.15, -0.1) is 0 Å². The molecule has 0 saturated heterocycles. The Morgan fingerprint density at radius 3 is 2.58 bits per heavy atom. The van der Waals surface area contributed by atoms with Crippen LogP contribution in [0.2, 0.25) is 0 Å². The molecule has 10 heteroatoms. The van der Waals surface area contributed by atoms with Crippen LogP contribution in [-0.2, 0) is 10.0 Å². The molecule has 2 aromatic heterocycles. The van der Waals surface area contributed by atoms with Crippen LogP contribution in [0.5, 0.6) is 5.75 Å². The van der Waals surface area contributed by atoms with Crippen molar-refractivity contribution in [1.82, 2.24) is 14.6 Å². The molecule has 0 aliphatic heterocycles. The monoisotopic (exact) mass is 380 g/mol. The molecule has 0 spiro atoms. The molecule has 26 heavy (non-hydrogen) atoms. The average molecular weight is 380 g/mol. The van der Waals surface area contributed by atoms with Crippen LogP contribution in [0.15, 0.2) is 47.5 Å². The van der Waals surface area contributed by atoms with Crippen LogP contribution in [0.1, 0.15) is 24.5 Å². The number of rotatable bonds is 6. The number of sulfonamides is 1. The Morgan fingerprint density at radius 2 is 1.92 bits per heavy atom. The molecule has 1 N–H and O–H groups in total. The van der Waals surface area contributed by atoms with Gasteiger partial charge in [0.15, 0.2) is 5.65 Å². The molecule has 136 valence electrons. The lowest BCUT2D eigenvalue weighted by atomic mass is 10.3. The predicted octanol–water partition coefficient (Wildman–Crippen LogP) is 3.01. The highest BCUT2D eigenvalue weighted by Gasteiger charge is 2.27. The molecule has 3 aromatic rings. The van der Waals surface area contributed by atoms with E-state index in [9.17, 15) is 17.2 Å². The van der Waals surface area contributed by atoms with Crippen LogP contribution in [0, 0.1) is 0 Å². The first-order valence-corrected chi connectivity index (χ1v) is 9.33. The van der Waals surface area contributed by atoms with Crippen LogP contribution in [0.25, 0.3) is 5.65 Å². The van der Waals surface area contributed by atoms with E-state index < -0.39 is 16.6 Å². The summed E-state index contributed by atoms with van der Waals surface area (Å²) in [5.74, 6) is 0.532. The minimum Gasteiger partial charge on any atom is -0.435 e. The summed E-state index contributed by atoms with van der Waals surface area (Å²) in [6.45, 7) is -2.97. The summed E-state index contributed by atoms with van der Waals surface area (Å²) in [6.07, 6.45) is 3.63. The standard InChI is InChI=1S/C16H14F2N4O3S/c17-16(18)25-11-3-5-12(6-4-11)26(23,24)21-14-7-8-19-15-9-13(10-1-2-10)20-22(14)15/h3-10,16,21H,1-2H2. The zero-order chi connectivity index (χ0) is 18.3. The van der Waals surface area contributed by atoms with Crippen LogP contribution in [0.4, 0.5) is 14.6 Å². The molecule has 1 aromatic carbocycles. The van der Waals surface area contributed by atoms with E-state index in [1.165, 1.54) is 41.0 Å². The molecule has 2 heterocycles. The molecule has 1 aliphatic rings. The summed E-state index contributed by atoms with van der Waals surface area (Å²) in [5, 5.41) is 4.42. The first-order valence-electron chi connectivity index (χ1n) is 7.85. The van der Waals surface area contributed by atoms with Crippen LogP contribution < -0.4 is 9.46 Å². The summed E-state index contributed by atoms with van der Waals surface area (Å²) in [4.78, 5) is 4.11. The fourth-order valence-electron chi connectivity index (χ4n) is 2.57. The van der Waals surface area contributed by atoms with Crippen molar-refractivity contribution in [1.29, 1.82) is 0 Å². The number of anilines is 1. The fraction of sp³-hybridized carbons (Fsp3) is 0.250. The number of alkyl halides is 2. The van der Waals surface area contributed by atoms with Gasteiger partial charge >= 0.3 is 6.61 Å². The molecule has 4 rings (SSSR count). The van der Waals surface area contributed by atoms with Crippen molar-refractivity contribution in [3.05, 3.63) is 48.3 Å². The molecule has 1 aliphatic carbocycles.